The van der Waals surface area contributed by atoms with Gasteiger partial charge in [-0.15, -0.1) is 0 Å². The Hall–Kier alpha value is -2.68. The number of Topliss-reactive ketones (excluding diaryl/α,β-unsaturated/α-hetero) is 2. The van der Waals surface area contributed by atoms with E-state index in [1.165, 1.54) is 12.3 Å². The van der Waals surface area contributed by atoms with E-state index in [2.05, 4.69) is 0 Å². The SMILES string of the molecule is O=C(C(=O)c1cccc2ccccc12)c1ccco1. The monoisotopic (exact) mass is 250 g/mol. The Morgan fingerprint density at radius 1 is 0.789 bits per heavy atom. The predicted molar refractivity (Wildman–Crippen MR) is 71.3 cm³/mol. The van der Waals surface area contributed by atoms with Gasteiger partial charge in [-0.05, 0) is 22.9 Å². The van der Waals surface area contributed by atoms with E-state index in [9.17, 15) is 9.59 Å². The third kappa shape index (κ3) is 1.95. The number of furan rings is 1. The number of carbonyl (C=O) groups excluding carboxylic acids is 2. The molecule has 3 rings (SSSR count). The molecule has 3 aromatic rings. The van der Waals surface area contributed by atoms with E-state index in [-0.39, 0.29) is 5.76 Å². The van der Waals surface area contributed by atoms with Crippen LogP contribution in [0.25, 0.3) is 10.8 Å². The summed E-state index contributed by atoms with van der Waals surface area (Å²) in [4.78, 5) is 24.3. The fourth-order valence-corrected chi connectivity index (χ4v) is 2.07. The molecule has 92 valence electrons. The summed E-state index contributed by atoms with van der Waals surface area (Å²) in [5, 5.41) is 1.70. The summed E-state index contributed by atoms with van der Waals surface area (Å²) in [5.74, 6) is -1.11. The minimum Gasteiger partial charge on any atom is -0.461 e. The Morgan fingerprint density at radius 2 is 1.58 bits per heavy atom. The number of carbonyl (C=O) groups is 2. The first-order chi connectivity index (χ1) is 9.27. The van der Waals surface area contributed by atoms with Crippen LogP contribution in [-0.2, 0) is 0 Å². The second-order valence-electron chi connectivity index (χ2n) is 4.16. The van der Waals surface area contributed by atoms with Crippen molar-refractivity contribution in [1.29, 1.82) is 0 Å². The van der Waals surface area contributed by atoms with E-state index < -0.39 is 11.6 Å². The first kappa shape index (κ1) is 11.4. The molecule has 0 unspecified atom stereocenters. The number of benzene rings is 2. The van der Waals surface area contributed by atoms with Crippen molar-refractivity contribution in [2.24, 2.45) is 0 Å². The molecule has 0 N–H and O–H groups in total. The molecule has 3 nitrogen and oxygen atoms in total. The van der Waals surface area contributed by atoms with E-state index in [1.807, 2.05) is 30.3 Å². The minimum absolute atomic E-state index is 0.0675. The van der Waals surface area contributed by atoms with Crippen molar-refractivity contribution in [2.75, 3.05) is 0 Å². The second-order valence-corrected chi connectivity index (χ2v) is 4.16. The molecule has 0 saturated heterocycles. The lowest BCUT2D eigenvalue weighted by Crippen LogP contribution is -2.14. The number of hydrogen-bond acceptors (Lipinski definition) is 3. The largest absolute Gasteiger partial charge is 0.461 e. The Morgan fingerprint density at radius 3 is 2.37 bits per heavy atom. The van der Waals surface area contributed by atoms with Crippen molar-refractivity contribution in [1.82, 2.24) is 0 Å². The zero-order chi connectivity index (χ0) is 13.2. The van der Waals surface area contributed by atoms with E-state index in [0.717, 1.165) is 10.8 Å². The predicted octanol–water partition coefficient (Wildman–Crippen LogP) is 3.50. The summed E-state index contributed by atoms with van der Waals surface area (Å²) in [6.07, 6.45) is 1.38. The lowest BCUT2D eigenvalue weighted by molar-refractivity contribution is 0.0802. The normalized spacial score (nSPS) is 10.5. The fraction of sp³-hybridized carbons (Fsp3) is 0. The average Bonchev–Trinajstić information content (AvgIpc) is 2.99. The van der Waals surface area contributed by atoms with Crippen molar-refractivity contribution in [3.8, 4) is 0 Å². The van der Waals surface area contributed by atoms with Gasteiger partial charge in [0.15, 0.2) is 5.76 Å². The smallest absolute Gasteiger partial charge is 0.268 e. The summed E-state index contributed by atoms with van der Waals surface area (Å²) < 4.78 is 4.98. The molecule has 0 bridgehead atoms. The summed E-state index contributed by atoms with van der Waals surface area (Å²) >= 11 is 0. The lowest BCUT2D eigenvalue weighted by atomic mass is 9.99. The van der Waals surface area contributed by atoms with Gasteiger partial charge in [0.1, 0.15) is 0 Å². The molecule has 0 radical (unpaired) electrons. The molecule has 0 fully saturated rings. The molecular formula is C16H10O3. The van der Waals surface area contributed by atoms with E-state index in [0.29, 0.717) is 5.56 Å². The van der Waals surface area contributed by atoms with Crippen molar-refractivity contribution >= 4 is 22.3 Å². The van der Waals surface area contributed by atoms with E-state index in [4.69, 9.17) is 4.42 Å². The van der Waals surface area contributed by atoms with Gasteiger partial charge in [-0.1, -0.05) is 42.5 Å². The van der Waals surface area contributed by atoms with Gasteiger partial charge in [0.25, 0.3) is 5.78 Å². The molecule has 19 heavy (non-hydrogen) atoms. The number of rotatable bonds is 3. The Bertz CT molecular complexity index is 749. The number of hydrogen-bond donors (Lipinski definition) is 0. The Labute approximate surface area is 109 Å². The molecule has 0 saturated carbocycles. The van der Waals surface area contributed by atoms with E-state index >= 15 is 0 Å². The van der Waals surface area contributed by atoms with Gasteiger partial charge in [0, 0.05) is 5.56 Å². The van der Waals surface area contributed by atoms with Crippen LogP contribution >= 0.6 is 0 Å². The molecule has 0 amide bonds. The molecule has 0 aliphatic rings. The molecule has 0 aliphatic carbocycles. The van der Waals surface area contributed by atoms with Gasteiger partial charge >= 0.3 is 0 Å². The minimum atomic E-state index is -0.624. The fourth-order valence-electron chi connectivity index (χ4n) is 2.07. The van der Waals surface area contributed by atoms with Crippen LogP contribution in [0.15, 0.2) is 65.3 Å². The maximum atomic E-state index is 12.2. The molecule has 3 heteroatoms. The zero-order valence-electron chi connectivity index (χ0n) is 10.00. The van der Waals surface area contributed by atoms with Crippen LogP contribution in [0.2, 0.25) is 0 Å². The van der Waals surface area contributed by atoms with Gasteiger partial charge in [-0.25, -0.2) is 0 Å². The first-order valence-corrected chi connectivity index (χ1v) is 5.87. The highest BCUT2D eigenvalue weighted by atomic mass is 16.3. The maximum absolute atomic E-state index is 12.2. The molecule has 0 atom stereocenters. The van der Waals surface area contributed by atoms with Crippen molar-refractivity contribution < 1.29 is 14.0 Å². The number of fused-ring (bicyclic) bond motifs is 1. The van der Waals surface area contributed by atoms with Crippen molar-refractivity contribution in [2.45, 2.75) is 0 Å². The van der Waals surface area contributed by atoms with Crippen molar-refractivity contribution in [3.63, 3.8) is 0 Å². The van der Waals surface area contributed by atoms with Gasteiger partial charge in [0.05, 0.1) is 6.26 Å². The van der Waals surface area contributed by atoms with Crippen LogP contribution in [0.5, 0.6) is 0 Å². The Kier molecular flexibility index (Phi) is 2.72. The van der Waals surface area contributed by atoms with Crippen molar-refractivity contribution in [3.05, 3.63) is 72.2 Å². The van der Waals surface area contributed by atoms with Crippen LogP contribution in [0, 0.1) is 0 Å². The van der Waals surface area contributed by atoms with Crippen LogP contribution in [0.1, 0.15) is 20.9 Å². The molecule has 1 heterocycles. The topological polar surface area (TPSA) is 47.3 Å². The van der Waals surface area contributed by atoms with Crippen LogP contribution in [0.4, 0.5) is 0 Å². The third-order valence-electron chi connectivity index (χ3n) is 2.99. The van der Waals surface area contributed by atoms with Gasteiger partial charge in [0.2, 0.25) is 5.78 Å². The number of ketones is 2. The average molecular weight is 250 g/mol. The molecule has 1 aromatic heterocycles. The maximum Gasteiger partial charge on any atom is 0.268 e. The standard InChI is InChI=1S/C16H10O3/c17-15(16(18)14-9-4-10-19-14)13-8-3-6-11-5-1-2-7-12(11)13/h1-10H. The summed E-state index contributed by atoms with van der Waals surface area (Å²) in [7, 11) is 0. The van der Waals surface area contributed by atoms with Gasteiger partial charge in [-0.3, -0.25) is 9.59 Å². The van der Waals surface area contributed by atoms with Crippen LogP contribution in [0.3, 0.4) is 0 Å². The Balaban J connectivity index is 2.10. The first-order valence-electron chi connectivity index (χ1n) is 5.87. The van der Waals surface area contributed by atoms with E-state index in [1.54, 1.807) is 18.2 Å². The molecule has 0 aliphatic heterocycles. The quantitative estimate of drug-likeness (QED) is 0.528. The van der Waals surface area contributed by atoms with Crippen LogP contribution in [-0.4, -0.2) is 11.6 Å². The summed E-state index contributed by atoms with van der Waals surface area (Å²) in [6, 6.07) is 15.9. The van der Waals surface area contributed by atoms with Gasteiger partial charge < -0.3 is 4.42 Å². The summed E-state index contributed by atoms with van der Waals surface area (Å²) in [5.41, 5.74) is 0.402. The highest BCUT2D eigenvalue weighted by Gasteiger charge is 2.22. The zero-order valence-corrected chi connectivity index (χ0v) is 10.00. The molecular weight excluding hydrogens is 240 g/mol. The molecule has 2 aromatic carbocycles. The highest BCUT2D eigenvalue weighted by molar-refractivity contribution is 6.50. The third-order valence-corrected chi connectivity index (χ3v) is 2.99. The second kappa shape index (κ2) is 4.53. The molecule has 0 spiro atoms. The van der Waals surface area contributed by atoms with Crippen LogP contribution < -0.4 is 0 Å². The summed E-state index contributed by atoms with van der Waals surface area (Å²) in [6.45, 7) is 0. The highest BCUT2D eigenvalue weighted by Crippen LogP contribution is 2.20. The van der Waals surface area contributed by atoms with Gasteiger partial charge in [-0.2, -0.15) is 0 Å². The lowest BCUT2D eigenvalue weighted by Gasteiger charge is -2.03.